The minimum absolute atomic E-state index is 0.140. The number of nitrogens with zero attached hydrogens (tertiary/aromatic N) is 4. The Hall–Kier alpha value is -2.21. The fourth-order valence-corrected chi connectivity index (χ4v) is 6.17. The Labute approximate surface area is 191 Å². The first kappa shape index (κ1) is 20.7. The van der Waals surface area contributed by atoms with E-state index >= 15 is 0 Å². The molecule has 0 aliphatic carbocycles. The van der Waals surface area contributed by atoms with Crippen LogP contribution >= 0.6 is 27.5 Å². The molecule has 31 heavy (non-hydrogen) atoms. The Morgan fingerprint density at radius 3 is 2.74 bits per heavy atom. The molecule has 1 fully saturated rings. The predicted molar refractivity (Wildman–Crippen MR) is 115 cm³/mol. The van der Waals surface area contributed by atoms with Crippen molar-refractivity contribution in [2.45, 2.75) is 30.5 Å². The molecule has 162 valence electrons. The minimum atomic E-state index is -3.89. The number of pyridine rings is 1. The van der Waals surface area contributed by atoms with Crippen LogP contribution in [0.1, 0.15) is 18.4 Å². The summed E-state index contributed by atoms with van der Waals surface area (Å²) in [7, 11) is -3.89. The second kappa shape index (κ2) is 7.73. The van der Waals surface area contributed by atoms with Gasteiger partial charge < -0.3 is 9.26 Å². The number of hydrogen-bond donors (Lipinski definition) is 0. The van der Waals surface area contributed by atoms with E-state index in [-0.39, 0.29) is 46.8 Å². The number of sulfonamides is 1. The van der Waals surface area contributed by atoms with E-state index in [0.717, 1.165) is 15.7 Å². The van der Waals surface area contributed by atoms with Gasteiger partial charge in [-0.2, -0.15) is 4.31 Å². The number of aromatic nitrogens is 2. The molecule has 0 bridgehead atoms. The zero-order valence-electron chi connectivity index (χ0n) is 16.0. The third-order valence-corrected chi connectivity index (χ3v) is 8.16. The molecule has 12 heteroatoms. The fourth-order valence-electron chi connectivity index (χ4n) is 4.03. The molecule has 4 heterocycles. The molecule has 2 aliphatic rings. The highest BCUT2D eigenvalue weighted by atomic mass is 79.9. The highest BCUT2D eigenvalue weighted by Crippen LogP contribution is 2.35. The summed E-state index contributed by atoms with van der Waals surface area (Å²) in [5.41, 5.74) is 1.89. The second-order valence-corrected chi connectivity index (χ2v) is 10.5. The summed E-state index contributed by atoms with van der Waals surface area (Å²) in [6.07, 6.45) is 3.05. The maximum absolute atomic E-state index is 13.2. The van der Waals surface area contributed by atoms with Crippen molar-refractivity contribution >= 4 is 60.3 Å². The molecule has 0 N–H and O–H groups in total. The molecule has 3 aromatic rings. The lowest BCUT2D eigenvalue weighted by atomic mass is 10.0. The van der Waals surface area contributed by atoms with Crippen LogP contribution < -0.4 is 4.90 Å². The first-order chi connectivity index (χ1) is 14.9. The number of carbonyl (C=O) groups is 1. The van der Waals surface area contributed by atoms with Crippen LogP contribution in [0, 0.1) is 0 Å². The lowest BCUT2D eigenvalue weighted by Crippen LogP contribution is -2.50. The van der Waals surface area contributed by atoms with Crippen LogP contribution in [-0.4, -0.2) is 48.1 Å². The van der Waals surface area contributed by atoms with E-state index in [2.05, 4.69) is 26.1 Å². The Bertz CT molecular complexity index is 1290. The highest BCUT2D eigenvalue weighted by Gasteiger charge is 2.38. The first-order valence-corrected chi connectivity index (χ1v) is 12.1. The van der Waals surface area contributed by atoms with E-state index < -0.39 is 16.1 Å². The van der Waals surface area contributed by atoms with Crippen LogP contribution in [0.3, 0.4) is 0 Å². The van der Waals surface area contributed by atoms with Crippen molar-refractivity contribution in [1.29, 1.82) is 0 Å². The Balaban J connectivity index is 1.39. The van der Waals surface area contributed by atoms with E-state index in [4.69, 9.17) is 20.9 Å². The maximum Gasteiger partial charge on any atom is 0.414 e. The van der Waals surface area contributed by atoms with E-state index in [1.165, 1.54) is 16.7 Å². The number of anilines is 1. The minimum Gasteiger partial charge on any atom is -0.444 e. The van der Waals surface area contributed by atoms with Gasteiger partial charge in [0.15, 0.2) is 10.6 Å². The van der Waals surface area contributed by atoms with Crippen molar-refractivity contribution in [2.75, 3.05) is 18.0 Å². The van der Waals surface area contributed by atoms with Gasteiger partial charge in [0.05, 0.1) is 23.5 Å². The molecule has 0 saturated carbocycles. The van der Waals surface area contributed by atoms with E-state index in [0.29, 0.717) is 12.8 Å². The van der Waals surface area contributed by atoms with Crippen molar-refractivity contribution in [3.8, 4) is 0 Å². The zero-order chi connectivity index (χ0) is 21.8. The van der Waals surface area contributed by atoms with Gasteiger partial charge >= 0.3 is 6.09 Å². The monoisotopic (exact) mass is 526 g/mol. The van der Waals surface area contributed by atoms with Crippen LogP contribution in [0.15, 0.2) is 44.6 Å². The Morgan fingerprint density at radius 2 is 1.97 bits per heavy atom. The molecule has 9 nitrogen and oxygen atoms in total. The molecule has 2 aromatic heterocycles. The smallest absolute Gasteiger partial charge is 0.414 e. The maximum atomic E-state index is 13.2. The van der Waals surface area contributed by atoms with Gasteiger partial charge in [-0.25, -0.2) is 18.2 Å². The summed E-state index contributed by atoms with van der Waals surface area (Å²) in [5, 5.41) is 3.94. The highest BCUT2D eigenvalue weighted by molar-refractivity contribution is 9.10. The molecule has 2 aliphatic heterocycles. The number of cyclic esters (lactones) is 1. The molecule has 0 spiro atoms. The van der Waals surface area contributed by atoms with Gasteiger partial charge in [-0.3, -0.25) is 4.90 Å². The SMILES string of the molecule is O=C1OCc2cc(Br)ccc2N1C1CCN(S(=O)(=O)c2ncc(Cl)c3oncc23)CC1. The lowest BCUT2D eigenvalue weighted by molar-refractivity contribution is 0.135. The quantitative estimate of drug-likeness (QED) is 0.508. The van der Waals surface area contributed by atoms with Crippen LogP contribution in [0.5, 0.6) is 0 Å². The third-order valence-electron chi connectivity index (χ3n) is 5.53. The summed E-state index contributed by atoms with van der Waals surface area (Å²) in [4.78, 5) is 18.2. The van der Waals surface area contributed by atoms with E-state index in [9.17, 15) is 13.2 Å². The number of carbonyl (C=O) groups excluding carboxylic acids is 1. The summed E-state index contributed by atoms with van der Waals surface area (Å²) in [6.45, 7) is 0.688. The summed E-state index contributed by atoms with van der Waals surface area (Å²) in [5.74, 6) is 0. The predicted octanol–water partition coefficient (Wildman–Crippen LogP) is 3.95. The van der Waals surface area contributed by atoms with Gasteiger partial charge in [-0.1, -0.05) is 32.7 Å². The lowest BCUT2D eigenvalue weighted by Gasteiger charge is -2.39. The Morgan fingerprint density at radius 1 is 1.19 bits per heavy atom. The van der Waals surface area contributed by atoms with Crippen molar-refractivity contribution in [3.63, 3.8) is 0 Å². The second-order valence-electron chi connectivity index (χ2n) is 7.31. The topological polar surface area (TPSA) is 106 Å². The summed E-state index contributed by atoms with van der Waals surface area (Å²) < 4.78 is 39.1. The van der Waals surface area contributed by atoms with Crippen LogP contribution in [-0.2, 0) is 21.4 Å². The van der Waals surface area contributed by atoms with Gasteiger partial charge in [-0.05, 0) is 31.0 Å². The van der Waals surface area contributed by atoms with E-state index in [1.807, 2.05) is 18.2 Å². The average molecular weight is 528 g/mol. The third kappa shape index (κ3) is 3.49. The zero-order valence-corrected chi connectivity index (χ0v) is 19.2. The fraction of sp³-hybridized carbons (Fsp3) is 0.316. The molecular weight excluding hydrogens is 512 g/mol. The molecule has 5 rings (SSSR count). The summed E-state index contributed by atoms with van der Waals surface area (Å²) >= 11 is 9.45. The number of fused-ring (bicyclic) bond motifs is 2. The van der Waals surface area contributed by atoms with E-state index in [1.54, 1.807) is 4.90 Å². The van der Waals surface area contributed by atoms with Crippen molar-refractivity contribution < 1.29 is 22.5 Å². The van der Waals surface area contributed by atoms with Crippen LogP contribution in [0.25, 0.3) is 11.0 Å². The number of amides is 1. The van der Waals surface area contributed by atoms with Crippen molar-refractivity contribution in [1.82, 2.24) is 14.4 Å². The Kier molecular flexibility index (Phi) is 5.16. The average Bonchev–Trinajstić information content (AvgIpc) is 3.25. The van der Waals surface area contributed by atoms with Gasteiger partial charge in [0.25, 0.3) is 10.0 Å². The molecular formula is C19H16BrClN4O5S. The number of benzene rings is 1. The number of ether oxygens (including phenoxy) is 1. The number of rotatable bonds is 3. The van der Waals surface area contributed by atoms with Gasteiger partial charge in [0.2, 0.25) is 0 Å². The number of halogens is 2. The molecule has 1 saturated heterocycles. The van der Waals surface area contributed by atoms with Crippen molar-refractivity contribution in [3.05, 3.63) is 45.7 Å². The number of piperidine rings is 1. The standard InChI is InChI=1S/C19H16BrClN4O5S/c20-12-1-2-16-11(7-12)10-29-19(26)25(16)13-3-5-24(6-4-13)31(27,28)18-14-8-23-30-17(14)15(21)9-22-18/h1-2,7-9,13H,3-6,10H2. The van der Waals surface area contributed by atoms with Crippen LogP contribution in [0.4, 0.5) is 10.5 Å². The first-order valence-electron chi connectivity index (χ1n) is 9.49. The van der Waals surface area contributed by atoms with Crippen LogP contribution in [0.2, 0.25) is 5.02 Å². The molecule has 0 atom stereocenters. The van der Waals surface area contributed by atoms with Crippen molar-refractivity contribution in [2.24, 2.45) is 0 Å². The van der Waals surface area contributed by atoms with Gasteiger partial charge in [0, 0.05) is 29.2 Å². The molecule has 0 radical (unpaired) electrons. The van der Waals surface area contributed by atoms with Gasteiger partial charge in [-0.15, -0.1) is 0 Å². The number of hydrogen-bond acceptors (Lipinski definition) is 7. The van der Waals surface area contributed by atoms with Gasteiger partial charge in [0.1, 0.15) is 11.6 Å². The molecule has 1 aromatic carbocycles. The largest absolute Gasteiger partial charge is 0.444 e. The molecule has 1 amide bonds. The normalized spacial score (nSPS) is 18.3. The molecule has 0 unspecified atom stereocenters. The summed E-state index contributed by atoms with van der Waals surface area (Å²) in [6, 6.07) is 5.50.